The fourth-order valence-electron chi connectivity index (χ4n) is 0.663. The Morgan fingerprint density at radius 1 is 1.29 bits per heavy atom. The number of hydrogen-bond donors (Lipinski definition) is 0. The van der Waals surface area contributed by atoms with Crippen molar-refractivity contribution in [3.63, 3.8) is 0 Å². The molecule has 0 bridgehead atoms. The molecule has 0 fully saturated rings. The van der Waals surface area contributed by atoms with Gasteiger partial charge in [0.25, 0.3) is 0 Å². The van der Waals surface area contributed by atoms with Gasteiger partial charge in [0.1, 0.15) is 0 Å². The van der Waals surface area contributed by atoms with Crippen LogP contribution in [0.15, 0.2) is 24.3 Å². The van der Waals surface area contributed by atoms with E-state index in [9.17, 15) is 0 Å². The molecule has 38 valence electrons. The molecule has 0 nitrogen and oxygen atoms in total. The second kappa shape index (κ2) is 1.34. The van der Waals surface area contributed by atoms with Gasteiger partial charge < -0.3 is 0 Å². The lowest BCUT2D eigenvalue weighted by Crippen LogP contribution is -1.94. The molecular formula is C6H10Si. The molecule has 0 atom stereocenters. The molecule has 7 heavy (non-hydrogen) atoms. The number of hydrogen-bond acceptors (Lipinski definition) is 0. The van der Waals surface area contributed by atoms with Crippen LogP contribution in [0, 0.1) is 0 Å². The van der Waals surface area contributed by atoms with Crippen LogP contribution in [0.25, 0.3) is 0 Å². The van der Waals surface area contributed by atoms with Crippen LogP contribution in [0.1, 0.15) is 6.92 Å². The average molecular weight is 110 g/mol. The highest BCUT2D eigenvalue weighted by molar-refractivity contribution is 6.18. The first-order chi connectivity index (χ1) is 3.21. The third kappa shape index (κ3) is 1.03. The molecule has 0 saturated heterocycles. The molecule has 1 rings (SSSR count). The Kier molecular flexibility index (Phi) is 0.925. The fraction of sp³-hybridized carbons (Fsp3) is 0.333. The Balaban J connectivity index is 2.77. The summed E-state index contributed by atoms with van der Waals surface area (Å²) in [7, 11) is 1.24. The van der Waals surface area contributed by atoms with Gasteiger partial charge in [-0.15, -0.1) is 0 Å². The van der Waals surface area contributed by atoms with Crippen molar-refractivity contribution in [2.75, 3.05) is 0 Å². The summed E-state index contributed by atoms with van der Waals surface area (Å²) >= 11 is 0. The van der Waals surface area contributed by atoms with Gasteiger partial charge in [-0.25, -0.2) is 0 Å². The van der Waals surface area contributed by atoms with E-state index in [1.54, 1.807) is 0 Å². The second-order valence-electron chi connectivity index (χ2n) is 2.54. The molecule has 0 radical (unpaired) electrons. The summed E-state index contributed by atoms with van der Waals surface area (Å²) in [6, 6.07) is 0. The van der Waals surface area contributed by atoms with Gasteiger partial charge in [0.05, 0.1) is 0 Å². The molecule has 0 aromatic carbocycles. The number of rotatable bonds is 0. The molecule has 0 amide bonds. The van der Waals surface area contributed by atoms with Gasteiger partial charge in [-0.2, -0.15) is 0 Å². The van der Waals surface area contributed by atoms with Crippen LogP contribution >= 0.6 is 0 Å². The Morgan fingerprint density at radius 3 is 1.86 bits per heavy atom. The van der Waals surface area contributed by atoms with Crippen molar-refractivity contribution < 1.29 is 0 Å². The zero-order valence-corrected chi connectivity index (χ0v) is 6.81. The van der Waals surface area contributed by atoms with Gasteiger partial charge in [-0.05, 0) is 5.04 Å². The van der Waals surface area contributed by atoms with Gasteiger partial charge in [0, 0.05) is 10.2 Å². The predicted octanol–water partition coefficient (Wildman–Crippen LogP) is 0.656. The van der Waals surface area contributed by atoms with Crippen molar-refractivity contribution in [1.82, 2.24) is 0 Å². The Morgan fingerprint density at radius 2 is 1.71 bits per heavy atom. The molecule has 1 heteroatoms. The lowest BCUT2D eigenvalue weighted by atomic mass is 10.2. The van der Waals surface area contributed by atoms with Crippen LogP contribution in [0.4, 0.5) is 0 Å². The van der Waals surface area contributed by atoms with Gasteiger partial charge in [0.15, 0.2) is 0 Å². The monoisotopic (exact) mass is 110 g/mol. The van der Waals surface area contributed by atoms with E-state index < -0.39 is 0 Å². The van der Waals surface area contributed by atoms with E-state index in [1.807, 2.05) is 0 Å². The maximum absolute atomic E-state index is 2.25. The molecule has 0 spiro atoms. The number of allylic oxidation sites excluding steroid dienone is 4. The standard InChI is InChI=1S/C6H10Si/c1-6(7)4-2-3-5-6/h2-5H,1,7H3. The molecule has 0 unspecified atom stereocenters. The molecular weight excluding hydrogens is 100 g/mol. The van der Waals surface area contributed by atoms with Crippen molar-refractivity contribution in [2.45, 2.75) is 12.0 Å². The van der Waals surface area contributed by atoms with Gasteiger partial charge in [0.2, 0.25) is 0 Å². The maximum atomic E-state index is 2.25. The van der Waals surface area contributed by atoms with Crippen molar-refractivity contribution in [3.8, 4) is 0 Å². The van der Waals surface area contributed by atoms with Crippen LogP contribution in [-0.2, 0) is 0 Å². The first-order valence-corrected chi connectivity index (χ1v) is 3.58. The first kappa shape index (κ1) is 4.85. The molecule has 1 aliphatic rings. The summed E-state index contributed by atoms with van der Waals surface area (Å²) in [5, 5.41) is 0.472. The van der Waals surface area contributed by atoms with Gasteiger partial charge in [-0.3, -0.25) is 0 Å². The van der Waals surface area contributed by atoms with Crippen LogP contribution in [0.2, 0.25) is 5.04 Å². The van der Waals surface area contributed by atoms with Crippen molar-refractivity contribution >= 4 is 10.2 Å². The minimum absolute atomic E-state index is 0.472. The summed E-state index contributed by atoms with van der Waals surface area (Å²) in [6.45, 7) is 2.25. The predicted molar refractivity (Wildman–Crippen MR) is 36.6 cm³/mol. The third-order valence-electron chi connectivity index (χ3n) is 1.16. The average Bonchev–Trinajstić information content (AvgIpc) is 1.84. The van der Waals surface area contributed by atoms with Crippen LogP contribution in [-0.4, -0.2) is 10.2 Å². The van der Waals surface area contributed by atoms with E-state index in [-0.39, 0.29) is 0 Å². The normalized spacial score (nSPS) is 24.1. The van der Waals surface area contributed by atoms with E-state index >= 15 is 0 Å². The zero-order chi connectivity index (χ0) is 5.33. The molecule has 0 aromatic rings. The lowest BCUT2D eigenvalue weighted by molar-refractivity contribution is 0.987. The van der Waals surface area contributed by atoms with E-state index in [2.05, 4.69) is 31.2 Å². The summed E-state index contributed by atoms with van der Waals surface area (Å²) in [5.41, 5.74) is 0. The highest BCUT2D eigenvalue weighted by atomic mass is 28.1. The van der Waals surface area contributed by atoms with Gasteiger partial charge >= 0.3 is 0 Å². The molecule has 0 aliphatic heterocycles. The quantitative estimate of drug-likeness (QED) is 0.402. The molecule has 0 saturated carbocycles. The Bertz CT molecular complexity index is 106. The van der Waals surface area contributed by atoms with E-state index in [4.69, 9.17) is 0 Å². The van der Waals surface area contributed by atoms with Crippen molar-refractivity contribution in [2.24, 2.45) is 0 Å². The molecule has 1 aliphatic carbocycles. The van der Waals surface area contributed by atoms with Crippen LogP contribution < -0.4 is 0 Å². The van der Waals surface area contributed by atoms with E-state index in [1.165, 1.54) is 10.2 Å². The first-order valence-electron chi connectivity index (χ1n) is 2.58. The highest BCUT2D eigenvalue weighted by Gasteiger charge is 2.09. The summed E-state index contributed by atoms with van der Waals surface area (Å²) in [5.74, 6) is 0. The molecule has 0 heterocycles. The largest absolute Gasteiger partial charge is 0.0786 e. The maximum Gasteiger partial charge on any atom is 0.0199 e. The lowest BCUT2D eigenvalue weighted by Gasteiger charge is -2.07. The summed E-state index contributed by atoms with van der Waals surface area (Å²) in [6.07, 6.45) is 8.73. The highest BCUT2D eigenvalue weighted by Crippen LogP contribution is 2.27. The van der Waals surface area contributed by atoms with Crippen molar-refractivity contribution in [1.29, 1.82) is 0 Å². The topological polar surface area (TPSA) is 0 Å². The third-order valence-corrected chi connectivity index (χ3v) is 1.83. The Labute approximate surface area is 47.3 Å². The summed E-state index contributed by atoms with van der Waals surface area (Å²) in [4.78, 5) is 0. The summed E-state index contributed by atoms with van der Waals surface area (Å²) < 4.78 is 0. The fourth-order valence-corrected chi connectivity index (χ4v) is 1.05. The van der Waals surface area contributed by atoms with Crippen LogP contribution in [0.3, 0.4) is 0 Å². The van der Waals surface area contributed by atoms with E-state index in [0.29, 0.717) is 5.04 Å². The van der Waals surface area contributed by atoms with E-state index in [0.717, 1.165) is 0 Å². The Hall–Kier alpha value is -0.303. The van der Waals surface area contributed by atoms with Crippen molar-refractivity contribution in [3.05, 3.63) is 24.3 Å². The zero-order valence-electron chi connectivity index (χ0n) is 4.81. The minimum Gasteiger partial charge on any atom is -0.0786 e. The smallest absolute Gasteiger partial charge is 0.0199 e. The van der Waals surface area contributed by atoms with Crippen LogP contribution in [0.5, 0.6) is 0 Å². The SMILES string of the molecule is CC1([SiH3])C=CC=C1. The minimum atomic E-state index is 0.472. The van der Waals surface area contributed by atoms with Gasteiger partial charge in [-0.1, -0.05) is 31.2 Å². The second-order valence-corrected chi connectivity index (χ2v) is 4.69. The molecule has 0 N–H and O–H groups in total. The molecule has 0 aromatic heterocycles.